The number of carbonyl (C=O) groups is 2. The first kappa shape index (κ1) is 16.9. The predicted molar refractivity (Wildman–Crippen MR) is 73.4 cm³/mol. The number of amides is 1. The van der Waals surface area contributed by atoms with Crippen LogP contribution in [0, 0.1) is 5.92 Å². The van der Waals surface area contributed by atoms with Gasteiger partial charge in [-0.05, 0) is 19.3 Å². The number of nitrogens with zero attached hydrogens (tertiary/aromatic N) is 1. The molecule has 1 N–H and O–H groups in total. The van der Waals surface area contributed by atoms with Crippen molar-refractivity contribution < 1.29 is 24.2 Å². The molecule has 2 unspecified atom stereocenters. The van der Waals surface area contributed by atoms with Gasteiger partial charge in [0.2, 0.25) is 5.91 Å². The molecule has 1 saturated heterocycles. The number of carboxylic acid groups (broad SMARTS) is 1. The molecule has 6 heteroatoms. The minimum Gasteiger partial charge on any atom is -0.480 e. The smallest absolute Gasteiger partial charge is 0.328 e. The van der Waals surface area contributed by atoms with Crippen molar-refractivity contribution in [2.75, 3.05) is 26.4 Å². The number of aliphatic carboxylic acids is 1. The normalized spacial score (nSPS) is 21.0. The highest BCUT2D eigenvalue weighted by molar-refractivity contribution is 5.84. The number of carbonyl (C=O) groups excluding carboxylic acids is 1. The maximum absolute atomic E-state index is 12.0. The molecule has 0 radical (unpaired) electrons. The highest BCUT2D eigenvalue weighted by Crippen LogP contribution is 2.11. The molecule has 1 fully saturated rings. The lowest BCUT2D eigenvalue weighted by Crippen LogP contribution is -2.52. The molecule has 0 aromatic heterocycles. The van der Waals surface area contributed by atoms with Crippen molar-refractivity contribution in [1.82, 2.24) is 4.90 Å². The van der Waals surface area contributed by atoms with Gasteiger partial charge in [0.1, 0.15) is 0 Å². The zero-order valence-electron chi connectivity index (χ0n) is 12.5. The first-order chi connectivity index (χ1) is 9.41. The Labute approximate surface area is 120 Å². The molecule has 0 aromatic carbocycles. The summed E-state index contributed by atoms with van der Waals surface area (Å²) in [7, 11) is 0. The molecule has 0 aliphatic carbocycles. The van der Waals surface area contributed by atoms with E-state index in [2.05, 4.69) is 13.8 Å². The van der Waals surface area contributed by atoms with Crippen molar-refractivity contribution in [3.8, 4) is 0 Å². The van der Waals surface area contributed by atoms with Crippen molar-refractivity contribution >= 4 is 11.9 Å². The molecule has 1 aliphatic heterocycles. The summed E-state index contributed by atoms with van der Waals surface area (Å²) in [5, 5.41) is 9.07. The van der Waals surface area contributed by atoms with Gasteiger partial charge >= 0.3 is 5.97 Å². The second-order valence-corrected chi connectivity index (χ2v) is 5.58. The second-order valence-electron chi connectivity index (χ2n) is 5.58. The molecule has 2 atom stereocenters. The van der Waals surface area contributed by atoms with Gasteiger partial charge in [-0.15, -0.1) is 0 Å². The fourth-order valence-electron chi connectivity index (χ4n) is 2.33. The van der Waals surface area contributed by atoms with E-state index in [1.807, 2.05) is 6.92 Å². The zero-order chi connectivity index (χ0) is 15.1. The number of rotatable bonds is 7. The van der Waals surface area contributed by atoms with Gasteiger partial charge < -0.3 is 19.5 Å². The van der Waals surface area contributed by atoms with Crippen LogP contribution in [0.2, 0.25) is 0 Å². The van der Waals surface area contributed by atoms with E-state index < -0.39 is 12.0 Å². The van der Waals surface area contributed by atoms with Crippen molar-refractivity contribution in [2.24, 2.45) is 5.92 Å². The summed E-state index contributed by atoms with van der Waals surface area (Å²) >= 11 is 0. The monoisotopic (exact) mass is 287 g/mol. The molecule has 0 saturated carbocycles. The average molecular weight is 287 g/mol. The maximum Gasteiger partial charge on any atom is 0.328 e. The largest absolute Gasteiger partial charge is 0.480 e. The first-order valence-electron chi connectivity index (χ1n) is 7.13. The van der Waals surface area contributed by atoms with Crippen LogP contribution in [0.3, 0.4) is 0 Å². The van der Waals surface area contributed by atoms with Gasteiger partial charge in [-0.1, -0.05) is 13.8 Å². The van der Waals surface area contributed by atoms with E-state index in [1.165, 1.54) is 4.90 Å². The van der Waals surface area contributed by atoms with Crippen LogP contribution in [-0.2, 0) is 19.1 Å². The second kappa shape index (κ2) is 8.21. The minimum atomic E-state index is -1.02. The topological polar surface area (TPSA) is 76.1 Å². The van der Waals surface area contributed by atoms with Crippen molar-refractivity contribution in [3.63, 3.8) is 0 Å². The molecule has 0 bridgehead atoms. The van der Waals surface area contributed by atoms with Gasteiger partial charge in [-0.3, -0.25) is 4.79 Å². The summed E-state index contributed by atoms with van der Waals surface area (Å²) in [6, 6.07) is -0.871. The number of carboxylic acids is 1. The van der Waals surface area contributed by atoms with Crippen LogP contribution in [0.15, 0.2) is 0 Å². The standard InChI is InChI=1S/C14H25NO5/c1-10(2)8-11(3)20-6-4-13(16)15-5-7-19-9-12(15)14(17)18/h10-12H,4-9H2,1-3H3,(H,17,18). The molecular weight excluding hydrogens is 262 g/mol. The highest BCUT2D eigenvalue weighted by Gasteiger charge is 2.32. The lowest BCUT2D eigenvalue weighted by Gasteiger charge is -2.33. The molecule has 20 heavy (non-hydrogen) atoms. The Kier molecular flexibility index (Phi) is 6.95. The Morgan fingerprint density at radius 2 is 2.10 bits per heavy atom. The van der Waals surface area contributed by atoms with E-state index in [9.17, 15) is 9.59 Å². The first-order valence-corrected chi connectivity index (χ1v) is 7.13. The fraction of sp³-hybridized carbons (Fsp3) is 0.857. The third-order valence-electron chi connectivity index (χ3n) is 3.26. The molecule has 1 amide bonds. The Bertz CT molecular complexity index is 332. The zero-order valence-corrected chi connectivity index (χ0v) is 12.5. The van der Waals surface area contributed by atoms with Gasteiger partial charge in [-0.2, -0.15) is 0 Å². The maximum atomic E-state index is 12.0. The lowest BCUT2D eigenvalue weighted by atomic mass is 10.1. The molecule has 0 spiro atoms. The summed E-state index contributed by atoms with van der Waals surface area (Å²) in [6.07, 6.45) is 1.28. The number of morpholine rings is 1. The molecule has 1 heterocycles. The summed E-state index contributed by atoms with van der Waals surface area (Å²) in [4.78, 5) is 24.5. The lowest BCUT2D eigenvalue weighted by molar-refractivity contribution is -0.158. The SMILES string of the molecule is CC(C)CC(C)OCCC(=O)N1CCOCC1C(=O)O. The average Bonchev–Trinajstić information content (AvgIpc) is 2.37. The molecule has 1 aliphatic rings. The van der Waals surface area contributed by atoms with Gasteiger partial charge in [-0.25, -0.2) is 4.79 Å². The van der Waals surface area contributed by atoms with Crippen molar-refractivity contribution in [3.05, 3.63) is 0 Å². The van der Waals surface area contributed by atoms with E-state index in [4.69, 9.17) is 14.6 Å². The van der Waals surface area contributed by atoms with Crippen LogP contribution in [0.25, 0.3) is 0 Å². The van der Waals surface area contributed by atoms with Crippen LogP contribution >= 0.6 is 0 Å². The summed E-state index contributed by atoms with van der Waals surface area (Å²) in [6.45, 7) is 7.34. The van der Waals surface area contributed by atoms with Gasteiger partial charge in [0.15, 0.2) is 6.04 Å². The fourth-order valence-corrected chi connectivity index (χ4v) is 2.33. The highest BCUT2D eigenvalue weighted by atomic mass is 16.5. The number of ether oxygens (including phenoxy) is 2. The van der Waals surface area contributed by atoms with Crippen LogP contribution in [0.4, 0.5) is 0 Å². The van der Waals surface area contributed by atoms with Gasteiger partial charge in [0.25, 0.3) is 0 Å². The van der Waals surface area contributed by atoms with Crippen molar-refractivity contribution in [1.29, 1.82) is 0 Å². The Balaban J connectivity index is 2.35. The van der Waals surface area contributed by atoms with Gasteiger partial charge in [0, 0.05) is 6.54 Å². The van der Waals surface area contributed by atoms with E-state index >= 15 is 0 Å². The summed E-state index contributed by atoms with van der Waals surface area (Å²) in [5.41, 5.74) is 0. The van der Waals surface area contributed by atoms with E-state index in [0.29, 0.717) is 25.7 Å². The molecule has 116 valence electrons. The van der Waals surface area contributed by atoms with E-state index in [1.54, 1.807) is 0 Å². The van der Waals surface area contributed by atoms with E-state index in [0.717, 1.165) is 6.42 Å². The van der Waals surface area contributed by atoms with Crippen LogP contribution in [0.5, 0.6) is 0 Å². The minimum absolute atomic E-state index is 0.0612. The van der Waals surface area contributed by atoms with E-state index in [-0.39, 0.29) is 25.0 Å². The van der Waals surface area contributed by atoms with Crippen LogP contribution < -0.4 is 0 Å². The Hall–Kier alpha value is -1.14. The molecular formula is C14H25NO5. The van der Waals surface area contributed by atoms with Crippen LogP contribution in [0.1, 0.15) is 33.6 Å². The number of hydrogen-bond acceptors (Lipinski definition) is 4. The quantitative estimate of drug-likeness (QED) is 0.760. The van der Waals surface area contributed by atoms with Crippen LogP contribution in [-0.4, -0.2) is 60.4 Å². The Morgan fingerprint density at radius 3 is 2.70 bits per heavy atom. The number of hydrogen-bond donors (Lipinski definition) is 1. The Morgan fingerprint density at radius 1 is 1.40 bits per heavy atom. The third kappa shape index (κ3) is 5.46. The summed E-state index contributed by atoms with van der Waals surface area (Å²) < 4.78 is 10.7. The molecule has 0 aromatic rings. The third-order valence-corrected chi connectivity index (χ3v) is 3.26. The molecule has 1 rings (SSSR count). The van der Waals surface area contributed by atoms with Gasteiger partial charge in [0.05, 0.1) is 32.3 Å². The molecule has 6 nitrogen and oxygen atoms in total. The predicted octanol–water partition coefficient (Wildman–Crippen LogP) is 1.14. The summed E-state index contributed by atoms with van der Waals surface area (Å²) in [5.74, 6) is -0.652. The van der Waals surface area contributed by atoms with Crippen molar-refractivity contribution in [2.45, 2.75) is 45.8 Å².